The third kappa shape index (κ3) is 5.17. The predicted octanol–water partition coefficient (Wildman–Crippen LogP) is 2.55. The third-order valence-electron chi connectivity index (χ3n) is 4.02. The molecule has 1 aromatic heterocycles. The van der Waals surface area contributed by atoms with Crippen LogP contribution in [0.1, 0.15) is 47.6 Å². The van der Waals surface area contributed by atoms with Crippen molar-refractivity contribution in [3.8, 4) is 0 Å². The summed E-state index contributed by atoms with van der Waals surface area (Å²) in [5.74, 6) is -0.0342. The molecular weight excluding hydrogens is 316 g/mol. The zero-order valence-electron chi connectivity index (χ0n) is 15.3. The van der Waals surface area contributed by atoms with E-state index in [0.29, 0.717) is 24.3 Å². The molecule has 0 saturated heterocycles. The molecule has 2 amide bonds. The van der Waals surface area contributed by atoms with Crippen LogP contribution in [0.15, 0.2) is 30.3 Å². The van der Waals surface area contributed by atoms with E-state index in [0.717, 1.165) is 23.5 Å². The van der Waals surface area contributed by atoms with Gasteiger partial charge in [-0.25, -0.2) is 0 Å². The zero-order chi connectivity index (χ0) is 18.4. The van der Waals surface area contributed by atoms with Crippen molar-refractivity contribution in [2.45, 2.75) is 47.1 Å². The predicted molar refractivity (Wildman–Crippen MR) is 96.9 cm³/mol. The molecule has 2 rings (SSSR count). The molecule has 0 saturated carbocycles. The molecule has 0 spiro atoms. The Bertz CT molecular complexity index is 735. The topological polar surface area (TPSA) is 76.0 Å². The van der Waals surface area contributed by atoms with Gasteiger partial charge in [-0.1, -0.05) is 32.0 Å². The van der Waals surface area contributed by atoms with Crippen molar-refractivity contribution in [2.24, 2.45) is 5.92 Å². The second kappa shape index (κ2) is 8.46. The van der Waals surface area contributed by atoms with Gasteiger partial charge in [0.2, 0.25) is 5.91 Å². The number of nitrogens with one attached hydrogen (secondary N) is 2. The van der Waals surface area contributed by atoms with Crippen LogP contribution < -0.4 is 10.9 Å². The van der Waals surface area contributed by atoms with E-state index >= 15 is 0 Å². The van der Waals surface area contributed by atoms with Gasteiger partial charge in [-0.05, 0) is 43.9 Å². The molecule has 0 atom stereocenters. The van der Waals surface area contributed by atoms with Gasteiger partial charge in [0.15, 0.2) is 0 Å². The molecule has 6 nitrogen and oxygen atoms in total. The number of hydrogen-bond acceptors (Lipinski definition) is 3. The molecule has 6 heteroatoms. The Balaban J connectivity index is 1.86. The van der Waals surface area contributed by atoms with Gasteiger partial charge in [-0.15, -0.1) is 0 Å². The van der Waals surface area contributed by atoms with Crippen LogP contribution >= 0.6 is 0 Å². The second-order valence-electron chi connectivity index (χ2n) is 6.59. The molecule has 1 heterocycles. The Morgan fingerprint density at radius 1 is 1.12 bits per heavy atom. The van der Waals surface area contributed by atoms with E-state index in [4.69, 9.17) is 0 Å². The van der Waals surface area contributed by atoms with E-state index in [1.807, 2.05) is 24.6 Å². The monoisotopic (exact) mass is 342 g/mol. The molecule has 2 aromatic rings. The Morgan fingerprint density at radius 3 is 2.44 bits per heavy atom. The number of hydrazine groups is 1. The maximum atomic E-state index is 12.0. The van der Waals surface area contributed by atoms with E-state index in [2.05, 4.69) is 29.8 Å². The summed E-state index contributed by atoms with van der Waals surface area (Å²) in [6, 6.07) is 8.77. The summed E-state index contributed by atoms with van der Waals surface area (Å²) in [4.78, 5) is 23.9. The molecule has 0 radical (unpaired) electrons. The lowest BCUT2D eigenvalue weighted by Gasteiger charge is -2.09. The molecule has 1 aromatic carbocycles. The van der Waals surface area contributed by atoms with Crippen LogP contribution in [0.25, 0.3) is 0 Å². The van der Waals surface area contributed by atoms with E-state index in [-0.39, 0.29) is 11.8 Å². The van der Waals surface area contributed by atoms with Gasteiger partial charge in [0, 0.05) is 24.2 Å². The van der Waals surface area contributed by atoms with E-state index in [9.17, 15) is 9.59 Å². The summed E-state index contributed by atoms with van der Waals surface area (Å²) in [6.45, 7) is 9.17. The molecule has 2 N–H and O–H groups in total. The Morgan fingerprint density at radius 2 is 1.80 bits per heavy atom. The van der Waals surface area contributed by atoms with Gasteiger partial charge in [-0.2, -0.15) is 5.10 Å². The van der Waals surface area contributed by atoms with Crippen molar-refractivity contribution < 1.29 is 9.59 Å². The third-order valence-corrected chi connectivity index (χ3v) is 4.02. The smallest absolute Gasteiger partial charge is 0.269 e. The van der Waals surface area contributed by atoms with Crippen LogP contribution in [0.2, 0.25) is 0 Å². The second-order valence-corrected chi connectivity index (χ2v) is 6.59. The number of rotatable bonds is 6. The first kappa shape index (κ1) is 18.7. The van der Waals surface area contributed by atoms with E-state index in [1.54, 1.807) is 24.3 Å². The molecule has 25 heavy (non-hydrogen) atoms. The van der Waals surface area contributed by atoms with Gasteiger partial charge in [0.05, 0.1) is 5.69 Å². The fourth-order valence-electron chi connectivity index (χ4n) is 2.71. The highest BCUT2D eigenvalue weighted by atomic mass is 16.2. The first-order valence-corrected chi connectivity index (χ1v) is 8.55. The summed E-state index contributed by atoms with van der Waals surface area (Å²) in [6.07, 6.45) is 0.896. The molecule has 0 unspecified atom stereocenters. The van der Waals surface area contributed by atoms with Crippen molar-refractivity contribution in [2.75, 3.05) is 0 Å². The molecule has 0 aliphatic carbocycles. The molecule has 0 aliphatic heterocycles. The molecule has 0 aliphatic rings. The minimum atomic E-state index is -0.328. The Hall–Kier alpha value is -2.63. The van der Waals surface area contributed by atoms with Crippen molar-refractivity contribution in [1.29, 1.82) is 0 Å². The highest BCUT2D eigenvalue weighted by molar-refractivity contribution is 5.95. The number of carbonyl (C=O) groups is 2. The minimum absolute atomic E-state index is 0.223. The number of hydrogen-bond donors (Lipinski definition) is 2. The maximum absolute atomic E-state index is 12.0. The van der Waals surface area contributed by atoms with Crippen LogP contribution in [-0.2, 0) is 17.8 Å². The quantitative estimate of drug-likeness (QED) is 0.792. The molecule has 0 bridgehead atoms. The summed E-state index contributed by atoms with van der Waals surface area (Å²) >= 11 is 0. The highest BCUT2D eigenvalue weighted by Gasteiger charge is 2.14. The normalized spacial score (nSPS) is 10.8. The van der Waals surface area contributed by atoms with Gasteiger partial charge < -0.3 is 0 Å². The van der Waals surface area contributed by atoms with Crippen LogP contribution in [0.3, 0.4) is 0 Å². The lowest BCUT2D eigenvalue weighted by atomic mass is 10.1. The number of aromatic nitrogens is 2. The summed E-state index contributed by atoms with van der Waals surface area (Å²) in [5, 5.41) is 4.56. The van der Waals surface area contributed by atoms with Crippen LogP contribution in [0, 0.1) is 19.8 Å². The first-order valence-electron chi connectivity index (χ1n) is 8.55. The van der Waals surface area contributed by atoms with Crippen LogP contribution in [-0.4, -0.2) is 21.6 Å². The SMILES string of the molecule is Cc1nn(CC(C)C)c(C)c1CCC(=O)NNC(=O)c1ccccc1. The van der Waals surface area contributed by atoms with Crippen molar-refractivity contribution in [3.05, 3.63) is 52.8 Å². The molecule has 134 valence electrons. The van der Waals surface area contributed by atoms with Gasteiger partial charge in [0.1, 0.15) is 0 Å². The summed E-state index contributed by atoms with van der Waals surface area (Å²) in [7, 11) is 0. The average Bonchev–Trinajstić information content (AvgIpc) is 2.84. The molecule has 0 fully saturated rings. The average molecular weight is 342 g/mol. The zero-order valence-corrected chi connectivity index (χ0v) is 15.3. The standard InChI is InChI=1S/C19H26N4O2/c1-13(2)12-23-15(4)17(14(3)22-23)10-11-18(24)20-21-19(25)16-8-6-5-7-9-16/h5-9,13H,10-12H2,1-4H3,(H,20,24)(H,21,25). The number of benzene rings is 1. The Kier molecular flexibility index (Phi) is 6.33. The number of amides is 2. The van der Waals surface area contributed by atoms with Crippen LogP contribution in [0.4, 0.5) is 0 Å². The maximum Gasteiger partial charge on any atom is 0.269 e. The number of aryl methyl sites for hydroxylation is 1. The minimum Gasteiger partial charge on any atom is -0.273 e. The molecular formula is C19H26N4O2. The summed E-state index contributed by atoms with van der Waals surface area (Å²) < 4.78 is 2.00. The van der Waals surface area contributed by atoms with Crippen molar-refractivity contribution in [1.82, 2.24) is 20.6 Å². The van der Waals surface area contributed by atoms with Gasteiger partial charge in [-0.3, -0.25) is 25.1 Å². The number of nitrogens with zero attached hydrogens (tertiary/aromatic N) is 2. The largest absolute Gasteiger partial charge is 0.273 e. The van der Waals surface area contributed by atoms with Gasteiger partial charge >= 0.3 is 0 Å². The van der Waals surface area contributed by atoms with Crippen LogP contribution in [0.5, 0.6) is 0 Å². The van der Waals surface area contributed by atoms with Crippen molar-refractivity contribution in [3.63, 3.8) is 0 Å². The Labute approximate surface area is 148 Å². The lowest BCUT2D eigenvalue weighted by Crippen LogP contribution is -2.41. The first-order chi connectivity index (χ1) is 11.9. The van der Waals surface area contributed by atoms with Crippen molar-refractivity contribution >= 4 is 11.8 Å². The van der Waals surface area contributed by atoms with Gasteiger partial charge in [0.25, 0.3) is 5.91 Å². The lowest BCUT2D eigenvalue weighted by molar-refractivity contribution is -0.121. The van der Waals surface area contributed by atoms with E-state index in [1.165, 1.54) is 0 Å². The number of carbonyl (C=O) groups excluding carboxylic acids is 2. The van der Waals surface area contributed by atoms with E-state index < -0.39 is 0 Å². The summed E-state index contributed by atoms with van der Waals surface area (Å²) in [5.41, 5.74) is 8.57. The fraction of sp³-hybridized carbons (Fsp3) is 0.421. The highest BCUT2D eigenvalue weighted by Crippen LogP contribution is 2.16. The fourth-order valence-corrected chi connectivity index (χ4v) is 2.71.